The second-order valence-corrected chi connectivity index (χ2v) is 8.46. The molecule has 0 atom stereocenters. The third-order valence-corrected chi connectivity index (χ3v) is 3.63. The zero-order chi connectivity index (χ0) is 13.1. The molecule has 0 rings (SSSR count). The molecule has 0 radical (unpaired) electrons. The molecule has 0 aromatic heterocycles. The van der Waals surface area contributed by atoms with E-state index in [-0.39, 0.29) is 12.2 Å². The van der Waals surface area contributed by atoms with Gasteiger partial charge in [0.15, 0.2) is 0 Å². The van der Waals surface area contributed by atoms with E-state index in [9.17, 15) is 9.59 Å². The molecule has 0 aliphatic rings. The minimum atomic E-state index is -1.03. The van der Waals surface area contributed by atoms with Crippen molar-refractivity contribution in [3.05, 3.63) is 0 Å². The predicted octanol–water partition coefficient (Wildman–Crippen LogP) is 3.56. The quantitative estimate of drug-likeness (QED) is 0.589. The zero-order valence-electron chi connectivity index (χ0n) is 11.0. The molecule has 16 heavy (non-hydrogen) atoms. The predicted molar refractivity (Wildman–Crippen MR) is 62.4 cm³/mol. The van der Waals surface area contributed by atoms with Crippen LogP contribution in [0.15, 0.2) is 0 Å². The Morgan fingerprint density at radius 1 is 1.12 bits per heavy atom. The molecule has 0 aromatic carbocycles. The zero-order valence-corrected chi connectivity index (χ0v) is 12.6. The molecular formula is C12H24O3Ti. The Labute approximate surface area is 108 Å². The van der Waals surface area contributed by atoms with Gasteiger partial charge >= 0.3 is 61.3 Å². The van der Waals surface area contributed by atoms with Gasteiger partial charge in [0.2, 0.25) is 0 Å². The monoisotopic (exact) mass is 264 g/mol. The summed E-state index contributed by atoms with van der Waals surface area (Å²) < 4.78 is 2.00. The molecule has 0 bridgehead atoms. The van der Waals surface area contributed by atoms with Gasteiger partial charge in [-0.2, -0.15) is 0 Å². The van der Waals surface area contributed by atoms with E-state index in [1.54, 1.807) is 0 Å². The maximum atomic E-state index is 10.5. The van der Waals surface area contributed by atoms with Crippen molar-refractivity contribution in [2.24, 2.45) is 0 Å². The van der Waals surface area contributed by atoms with Crippen LogP contribution in [-0.4, -0.2) is 16.9 Å². The van der Waals surface area contributed by atoms with E-state index in [4.69, 9.17) is 5.11 Å². The Bertz CT molecular complexity index is 194. The van der Waals surface area contributed by atoms with E-state index in [0.29, 0.717) is 25.6 Å². The number of carboxylic acids is 1. The minimum absolute atomic E-state index is 0.190. The molecule has 0 amide bonds. The number of hydrogen-bond donors (Lipinski definition) is 1. The van der Waals surface area contributed by atoms with Crippen molar-refractivity contribution in [3.63, 3.8) is 0 Å². The molecular weight excluding hydrogens is 240 g/mol. The summed E-state index contributed by atoms with van der Waals surface area (Å²) in [6, 6.07) is 0. The summed E-state index contributed by atoms with van der Waals surface area (Å²) in [5.41, 5.74) is 0. The number of carboxylic acid groups (broad SMARTS) is 1. The Hall–Kier alpha value is -0.146. The van der Waals surface area contributed by atoms with Crippen molar-refractivity contribution in [1.82, 2.24) is 0 Å². The maximum absolute atomic E-state index is 10.5. The first-order valence-corrected chi connectivity index (χ1v) is 7.59. The second kappa shape index (κ2) is 11.3. The Morgan fingerprint density at radius 2 is 1.56 bits per heavy atom. The molecule has 0 saturated carbocycles. The van der Waals surface area contributed by atoms with Gasteiger partial charge in [0.1, 0.15) is 12.2 Å². The van der Waals surface area contributed by atoms with Gasteiger partial charge in [-0.05, 0) is 6.42 Å². The summed E-state index contributed by atoms with van der Waals surface area (Å²) in [6.07, 6.45) is 0.784. The molecule has 0 aliphatic carbocycles. The Morgan fingerprint density at radius 3 is 1.75 bits per heavy atom. The Balaban J connectivity index is 0. The topological polar surface area (TPSA) is 54.4 Å². The first kappa shape index (κ1) is 18.2. The molecule has 0 fully saturated rings. The van der Waals surface area contributed by atoms with Crippen LogP contribution in [0.1, 0.15) is 53.9 Å². The van der Waals surface area contributed by atoms with Gasteiger partial charge in [0, 0.05) is 6.42 Å². The van der Waals surface area contributed by atoms with Crippen molar-refractivity contribution in [1.29, 1.82) is 0 Å². The normalized spacial score (nSPS) is 9.69. The Kier molecular flexibility index (Phi) is 12.9. The van der Waals surface area contributed by atoms with Crippen LogP contribution in [0.4, 0.5) is 0 Å². The molecule has 1 N–H and O–H groups in total. The van der Waals surface area contributed by atoms with Crippen molar-refractivity contribution >= 4 is 11.8 Å². The summed E-state index contributed by atoms with van der Waals surface area (Å²) in [7, 11) is 0. The van der Waals surface area contributed by atoms with E-state index in [1.807, 2.05) is 6.92 Å². The number of carbonyl (C=O) groups is 2. The molecule has 0 heterocycles. The van der Waals surface area contributed by atoms with E-state index in [1.165, 1.54) is 0 Å². The van der Waals surface area contributed by atoms with Gasteiger partial charge in [-0.3, -0.25) is 9.59 Å². The van der Waals surface area contributed by atoms with Crippen LogP contribution in [0.2, 0.25) is 8.45 Å². The first-order chi connectivity index (χ1) is 7.29. The molecule has 3 nitrogen and oxygen atoms in total. The van der Waals surface area contributed by atoms with Gasteiger partial charge in [-0.25, -0.2) is 0 Å². The number of Topliss-reactive ketones (excluding diaryl/α,β-unsaturated/α-hetero) is 1. The molecule has 94 valence electrons. The van der Waals surface area contributed by atoms with Gasteiger partial charge in [-0.1, -0.05) is 6.92 Å². The second-order valence-electron chi connectivity index (χ2n) is 4.34. The number of ketones is 1. The third kappa shape index (κ3) is 19.4. The summed E-state index contributed by atoms with van der Waals surface area (Å²) in [5.74, 6) is -1.22. The SMILES string of the molecule is CCCC(=O)CC(=O)O.C[CH](C)[Ti][CH](C)C. The fraction of sp³-hybridized carbons (Fsp3) is 0.833. The van der Waals surface area contributed by atoms with Gasteiger partial charge in [-0.15, -0.1) is 0 Å². The van der Waals surface area contributed by atoms with Crippen LogP contribution in [0, 0.1) is 0 Å². The van der Waals surface area contributed by atoms with Gasteiger partial charge < -0.3 is 5.11 Å². The first-order valence-electron chi connectivity index (χ1n) is 5.79. The van der Waals surface area contributed by atoms with Crippen LogP contribution in [0.25, 0.3) is 0 Å². The number of rotatable bonds is 6. The molecule has 0 unspecified atom stereocenters. The van der Waals surface area contributed by atoms with E-state index >= 15 is 0 Å². The molecule has 0 aliphatic heterocycles. The standard InChI is InChI=1S/C6H10O3.2C3H7.Ti/c1-2-3-5(7)4-6(8)9;2*1-3-2;/h2-4H2,1H3,(H,8,9);2*3H,1-2H3;. The van der Waals surface area contributed by atoms with Crippen molar-refractivity contribution in [3.8, 4) is 0 Å². The summed E-state index contributed by atoms with van der Waals surface area (Å²) in [4.78, 5) is 20.3. The molecule has 4 heteroatoms. The fourth-order valence-corrected chi connectivity index (χ4v) is 3.28. The number of aliphatic carboxylic acids is 1. The van der Waals surface area contributed by atoms with E-state index in [2.05, 4.69) is 27.7 Å². The van der Waals surface area contributed by atoms with E-state index in [0.717, 1.165) is 14.9 Å². The van der Waals surface area contributed by atoms with Crippen LogP contribution < -0.4 is 0 Å². The average Bonchev–Trinajstić information content (AvgIpc) is 2.00. The van der Waals surface area contributed by atoms with Gasteiger partial charge in [0.25, 0.3) is 0 Å². The number of hydrogen-bond acceptors (Lipinski definition) is 2. The number of carbonyl (C=O) groups excluding carboxylic acids is 1. The fourth-order valence-electron chi connectivity index (χ4n) is 1.20. The molecule has 0 saturated heterocycles. The van der Waals surface area contributed by atoms with Crippen molar-refractivity contribution in [2.45, 2.75) is 62.3 Å². The van der Waals surface area contributed by atoms with Crippen LogP contribution in [-0.2, 0) is 28.7 Å². The van der Waals surface area contributed by atoms with E-state index < -0.39 is 5.97 Å². The van der Waals surface area contributed by atoms with Crippen LogP contribution in [0.5, 0.6) is 0 Å². The average molecular weight is 264 g/mol. The summed E-state index contributed by atoms with van der Waals surface area (Å²) in [6.45, 7) is 11.1. The van der Waals surface area contributed by atoms with Crippen molar-refractivity contribution < 1.29 is 33.8 Å². The third-order valence-electron chi connectivity index (χ3n) is 1.54. The van der Waals surface area contributed by atoms with Crippen LogP contribution in [0.3, 0.4) is 0 Å². The molecule has 0 aromatic rings. The van der Waals surface area contributed by atoms with Crippen LogP contribution >= 0.6 is 0 Å². The van der Waals surface area contributed by atoms with Crippen molar-refractivity contribution in [2.75, 3.05) is 0 Å². The summed E-state index contributed by atoms with van der Waals surface area (Å²) in [5, 5.41) is 8.09. The molecule has 0 spiro atoms. The van der Waals surface area contributed by atoms with Gasteiger partial charge in [0.05, 0.1) is 0 Å². The summed E-state index contributed by atoms with van der Waals surface area (Å²) >= 11 is 0.389.